The number of hydrogen-bond acceptors (Lipinski definition) is 3. The van der Waals surface area contributed by atoms with Crippen LogP contribution in [0.5, 0.6) is 0 Å². The monoisotopic (exact) mass is 261 g/mol. The Morgan fingerprint density at radius 2 is 1.84 bits per heavy atom. The highest BCUT2D eigenvalue weighted by Gasteiger charge is 2.57. The number of aryl methyl sites for hydroxylation is 2. The molecule has 2 heterocycles. The molecule has 4 heteroatoms. The van der Waals surface area contributed by atoms with Crippen molar-refractivity contribution in [2.24, 2.45) is 0 Å². The predicted molar refractivity (Wildman–Crippen MR) is 72.1 cm³/mol. The molecule has 2 aliphatic rings. The quantitative estimate of drug-likeness (QED) is 0.778. The van der Waals surface area contributed by atoms with E-state index >= 15 is 0 Å². The molecule has 1 saturated heterocycles. The highest BCUT2D eigenvalue weighted by atomic mass is 16.7. The molecule has 0 aliphatic carbocycles. The number of carbonyl (C=O) groups is 1. The zero-order chi connectivity index (χ0) is 13.8. The summed E-state index contributed by atoms with van der Waals surface area (Å²) in [5.74, 6) is -1.29. The number of rotatable bonds is 1. The lowest BCUT2D eigenvalue weighted by molar-refractivity contribution is -0.181. The molecule has 1 spiro atoms. The summed E-state index contributed by atoms with van der Waals surface area (Å²) in [7, 11) is 0. The van der Waals surface area contributed by atoms with E-state index in [1.807, 2.05) is 33.8 Å². The average Bonchev–Trinajstić information content (AvgIpc) is 2.88. The zero-order valence-corrected chi connectivity index (χ0v) is 11.8. The van der Waals surface area contributed by atoms with Gasteiger partial charge in [-0.15, -0.1) is 0 Å². The van der Waals surface area contributed by atoms with Gasteiger partial charge in [-0.3, -0.25) is 4.79 Å². The first-order chi connectivity index (χ1) is 8.97. The molecule has 0 saturated carbocycles. The Balaban J connectivity index is 2.27. The topological polar surface area (TPSA) is 38.8 Å². The third-order valence-electron chi connectivity index (χ3n) is 3.75. The molecule has 1 aromatic rings. The second-order valence-corrected chi connectivity index (χ2v) is 5.56. The van der Waals surface area contributed by atoms with Crippen molar-refractivity contribution in [3.8, 4) is 0 Å². The third kappa shape index (κ3) is 1.56. The molecule has 19 heavy (non-hydrogen) atoms. The lowest BCUT2D eigenvalue weighted by Gasteiger charge is -2.25. The van der Waals surface area contributed by atoms with E-state index in [9.17, 15) is 4.79 Å². The first-order valence-corrected chi connectivity index (χ1v) is 6.70. The van der Waals surface area contributed by atoms with Crippen molar-refractivity contribution in [2.75, 3.05) is 18.1 Å². The van der Waals surface area contributed by atoms with Crippen molar-refractivity contribution >= 4 is 11.6 Å². The summed E-state index contributed by atoms with van der Waals surface area (Å²) in [6, 6.07) is 4.18. The summed E-state index contributed by atoms with van der Waals surface area (Å²) in [4.78, 5) is 14.6. The van der Waals surface area contributed by atoms with Gasteiger partial charge in [0.1, 0.15) is 0 Å². The average molecular weight is 261 g/mol. The second-order valence-electron chi connectivity index (χ2n) is 5.56. The SMILES string of the molecule is Cc1cc(C)c2c(c1)C1(OCCO1)C(=O)N2C(C)C. The maximum atomic E-state index is 12.8. The number of hydrogen-bond donors (Lipinski definition) is 0. The Morgan fingerprint density at radius 3 is 2.42 bits per heavy atom. The van der Waals surface area contributed by atoms with E-state index in [4.69, 9.17) is 9.47 Å². The molecule has 0 N–H and O–H groups in total. The van der Waals surface area contributed by atoms with Gasteiger partial charge in [0.25, 0.3) is 11.7 Å². The molecule has 0 radical (unpaired) electrons. The van der Waals surface area contributed by atoms with Crippen LogP contribution in [0.25, 0.3) is 0 Å². The Hall–Kier alpha value is -1.39. The third-order valence-corrected chi connectivity index (χ3v) is 3.75. The fourth-order valence-corrected chi connectivity index (χ4v) is 3.09. The van der Waals surface area contributed by atoms with Crippen LogP contribution >= 0.6 is 0 Å². The summed E-state index contributed by atoms with van der Waals surface area (Å²) in [5, 5.41) is 0. The molecule has 2 aliphatic heterocycles. The first kappa shape index (κ1) is 12.6. The molecule has 1 fully saturated rings. The van der Waals surface area contributed by atoms with E-state index < -0.39 is 5.79 Å². The highest BCUT2D eigenvalue weighted by Crippen LogP contribution is 2.48. The van der Waals surface area contributed by atoms with Gasteiger partial charge in [0.05, 0.1) is 18.9 Å². The smallest absolute Gasteiger partial charge is 0.292 e. The zero-order valence-electron chi connectivity index (χ0n) is 11.8. The van der Waals surface area contributed by atoms with Crippen LogP contribution in [0.2, 0.25) is 0 Å². The maximum absolute atomic E-state index is 12.8. The minimum atomic E-state index is -1.20. The summed E-state index contributed by atoms with van der Waals surface area (Å²) in [6.45, 7) is 9.00. The normalized spacial score (nSPS) is 20.7. The fraction of sp³-hybridized carbons (Fsp3) is 0.533. The number of carbonyl (C=O) groups excluding carboxylic acids is 1. The molecule has 1 amide bonds. The molecule has 102 valence electrons. The number of benzene rings is 1. The number of amides is 1. The van der Waals surface area contributed by atoms with Crippen LogP contribution in [0.3, 0.4) is 0 Å². The van der Waals surface area contributed by atoms with Crippen LogP contribution in [0.4, 0.5) is 5.69 Å². The van der Waals surface area contributed by atoms with Crippen LogP contribution in [-0.2, 0) is 20.1 Å². The van der Waals surface area contributed by atoms with E-state index in [0.717, 1.165) is 22.4 Å². The highest BCUT2D eigenvalue weighted by molar-refractivity contribution is 6.07. The van der Waals surface area contributed by atoms with E-state index in [0.29, 0.717) is 13.2 Å². The van der Waals surface area contributed by atoms with Gasteiger partial charge in [-0.1, -0.05) is 11.6 Å². The van der Waals surface area contributed by atoms with E-state index in [2.05, 4.69) is 6.07 Å². The largest absolute Gasteiger partial charge is 0.336 e. The van der Waals surface area contributed by atoms with Crippen LogP contribution in [0, 0.1) is 13.8 Å². The number of anilines is 1. The van der Waals surface area contributed by atoms with Crippen LogP contribution in [-0.4, -0.2) is 25.2 Å². The van der Waals surface area contributed by atoms with Gasteiger partial charge in [-0.25, -0.2) is 0 Å². The molecular formula is C15H19NO3. The maximum Gasteiger partial charge on any atom is 0.292 e. The van der Waals surface area contributed by atoms with E-state index in [1.54, 1.807) is 4.90 Å². The number of fused-ring (bicyclic) bond motifs is 2. The molecule has 3 rings (SSSR count). The van der Waals surface area contributed by atoms with Crippen molar-refractivity contribution in [3.63, 3.8) is 0 Å². The lowest BCUT2D eigenvalue weighted by Crippen LogP contribution is -2.44. The summed E-state index contributed by atoms with van der Waals surface area (Å²) in [5.41, 5.74) is 4.02. The lowest BCUT2D eigenvalue weighted by atomic mass is 10.0. The van der Waals surface area contributed by atoms with Gasteiger partial charge >= 0.3 is 0 Å². The van der Waals surface area contributed by atoms with Crippen LogP contribution < -0.4 is 4.90 Å². The first-order valence-electron chi connectivity index (χ1n) is 6.70. The van der Waals surface area contributed by atoms with Gasteiger partial charge < -0.3 is 14.4 Å². The van der Waals surface area contributed by atoms with E-state index in [-0.39, 0.29) is 11.9 Å². The molecule has 0 bridgehead atoms. The molecular weight excluding hydrogens is 242 g/mol. The Kier molecular flexibility index (Phi) is 2.69. The molecule has 0 unspecified atom stereocenters. The number of nitrogens with zero attached hydrogens (tertiary/aromatic N) is 1. The molecule has 0 aromatic heterocycles. The molecule has 4 nitrogen and oxygen atoms in total. The second kappa shape index (κ2) is 4.05. The molecule has 0 atom stereocenters. The van der Waals surface area contributed by atoms with Gasteiger partial charge in [0, 0.05) is 11.6 Å². The van der Waals surface area contributed by atoms with Crippen LogP contribution in [0.15, 0.2) is 12.1 Å². The minimum absolute atomic E-state index is 0.0832. The summed E-state index contributed by atoms with van der Waals surface area (Å²) >= 11 is 0. The van der Waals surface area contributed by atoms with Crippen molar-refractivity contribution in [1.29, 1.82) is 0 Å². The number of ether oxygens (including phenoxy) is 2. The van der Waals surface area contributed by atoms with Crippen LogP contribution in [0.1, 0.15) is 30.5 Å². The van der Waals surface area contributed by atoms with E-state index in [1.165, 1.54) is 0 Å². The van der Waals surface area contributed by atoms with Gasteiger partial charge in [-0.05, 0) is 39.3 Å². The van der Waals surface area contributed by atoms with Gasteiger partial charge in [0.2, 0.25) is 0 Å². The summed E-state index contributed by atoms with van der Waals surface area (Å²) < 4.78 is 11.4. The minimum Gasteiger partial charge on any atom is -0.336 e. The van der Waals surface area contributed by atoms with Crippen molar-refractivity contribution in [1.82, 2.24) is 0 Å². The predicted octanol–water partition coefficient (Wildman–Crippen LogP) is 2.26. The Bertz CT molecular complexity index is 545. The van der Waals surface area contributed by atoms with Crippen molar-refractivity contribution < 1.29 is 14.3 Å². The Labute approximate surface area is 113 Å². The summed E-state index contributed by atoms with van der Waals surface area (Å²) in [6.07, 6.45) is 0. The molecule has 1 aromatic carbocycles. The standard InChI is InChI=1S/C15H19NO3/c1-9(2)16-13-11(4)7-10(3)8-12(13)15(14(16)17)18-5-6-19-15/h7-9H,5-6H2,1-4H3. The van der Waals surface area contributed by atoms with Gasteiger partial charge in [-0.2, -0.15) is 0 Å². The van der Waals surface area contributed by atoms with Gasteiger partial charge in [0.15, 0.2) is 0 Å². The van der Waals surface area contributed by atoms with Crippen molar-refractivity contribution in [2.45, 2.75) is 39.5 Å². The fourth-order valence-electron chi connectivity index (χ4n) is 3.09. The Morgan fingerprint density at radius 1 is 1.21 bits per heavy atom. The van der Waals surface area contributed by atoms with Crippen molar-refractivity contribution in [3.05, 3.63) is 28.8 Å².